The molecule has 0 aliphatic heterocycles. The third-order valence-electron chi connectivity index (χ3n) is 6.69. The van der Waals surface area contributed by atoms with Crippen LogP contribution in [0.15, 0.2) is 55.1 Å². The molecule has 192 valence electrons. The zero-order valence-corrected chi connectivity index (χ0v) is 23.1. The molecule has 0 saturated heterocycles. The Morgan fingerprint density at radius 3 is 2.47 bits per heavy atom. The summed E-state index contributed by atoms with van der Waals surface area (Å²) in [6, 6.07) is 13.9. The standard InChI is InChI=1S/C29H36Cl2N4O/c1-6-9-22(8-3)20(5)32-16-17-33-29(36)27-19(4)28(23-12-10-21(7-2)11-13-23)35(34-27)26-15-14-24(30)18-25(26)31/h6,10-15,18,20,22,32H,1,7-9,16-17H2,2-5H3,(H,33,36). The SMILES string of the molecule is C=CCC(CC)C(C)NCCNC(=O)c1nn(-c2ccc(Cl)cc2Cl)c(-c2ccc(CC)cc2)c1C. The first-order valence-electron chi connectivity index (χ1n) is 12.6. The van der Waals surface area contributed by atoms with E-state index < -0.39 is 0 Å². The Kier molecular flexibility index (Phi) is 10.2. The predicted octanol–water partition coefficient (Wildman–Crippen LogP) is 7.03. The molecule has 2 unspecified atom stereocenters. The molecule has 3 rings (SSSR count). The quantitative estimate of drug-likeness (QED) is 0.196. The summed E-state index contributed by atoms with van der Waals surface area (Å²) in [7, 11) is 0. The van der Waals surface area contributed by atoms with Crippen molar-refractivity contribution in [2.45, 2.75) is 53.0 Å². The predicted molar refractivity (Wildman–Crippen MR) is 152 cm³/mol. The molecule has 7 heteroatoms. The monoisotopic (exact) mass is 526 g/mol. The van der Waals surface area contributed by atoms with Crippen molar-refractivity contribution in [1.82, 2.24) is 20.4 Å². The first kappa shape index (κ1) is 28.0. The van der Waals surface area contributed by atoms with E-state index in [9.17, 15) is 4.79 Å². The van der Waals surface area contributed by atoms with Gasteiger partial charge in [0.25, 0.3) is 5.91 Å². The van der Waals surface area contributed by atoms with Gasteiger partial charge < -0.3 is 10.6 Å². The van der Waals surface area contributed by atoms with Crippen LogP contribution in [0.2, 0.25) is 10.0 Å². The lowest BCUT2D eigenvalue weighted by molar-refractivity contribution is 0.0947. The number of amides is 1. The van der Waals surface area contributed by atoms with Crippen LogP contribution in [0, 0.1) is 12.8 Å². The van der Waals surface area contributed by atoms with Gasteiger partial charge in [-0.05, 0) is 56.4 Å². The molecule has 0 fully saturated rings. The Labute approximate surface area is 224 Å². The Balaban J connectivity index is 1.85. The topological polar surface area (TPSA) is 58.9 Å². The number of aryl methyl sites for hydroxylation is 1. The van der Waals surface area contributed by atoms with E-state index >= 15 is 0 Å². The number of aromatic nitrogens is 2. The molecular formula is C29H36Cl2N4O. The molecule has 2 N–H and O–H groups in total. The second-order valence-electron chi connectivity index (χ2n) is 9.07. The third-order valence-corrected chi connectivity index (χ3v) is 7.23. The van der Waals surface area contributed by atoms with E-state index in [1.807, 2.05) is 19.1 Å². The van der Waals surface area contributed by atoms with E-state index in [0.717, 1.165) is 36.1 Å². The zero-order valence-electron chi connectivity index (χ0n) is 21.6. The molecule has 0 aliphatic carbocycles. The Morgan fingerprint density at radius 2 is 1.86 bits per heavy atom. The van der Waals surface area contributed by atoms with Crippen molar-refractivity contribution in [2.75, 3.05) is 13.1 Å². The smallest absolute Gasteiger partial charge is 0.272 e. The second kappa shape index (κ2) is 13.1. The normalized spacial score (nSPS) is 12.8. The fourth-order valence-electron chi connectivity index (χ4n) is 4.44. The van der Waals surface area contributed by atoms with Gasteiger partial charge in [-0.25, -0.2) is 4.68 Å². The molecule has 5 nitrogen and oxygen atoms in total. The number of allylic oxidation sites excluding steroid dienone is 1. The van der Waals surface area contributed by atoms with Crippen molar-refractivity contribution in [2.24, 2.45) is 5.92 Å². The zero-order chi connectivity index (χ0) is 26.2. The molecule has 1 heterocycles. The van der Waals surface area contributed by atoms with Crippen molar-refractivity contribution in [1.29, 1.82) is 0 Å². The minimum atomic E-state index is -0.213. The van der Waals surface area contributed by atoms with Crippen molar-refractivity contribution >= 4 is 29.1 Å². The highest BCUT2D eigenvalue weighted by Crippen LogP contribution is 2.33. The maximum absolute atomic E-state index is 13.2. The molecular weight excluding hydrogens is 491 g/mol. The van der Waals surface area contributed by atoms with Gasteiger partial charge in [-0.3, -0.25) is 4.79 Å². The lowest BCUT2D eigenvalue weighted by Crippen LogP contribution is -2.39. The highest BCUT2D eigenvalue weighted by atomic mass is 35.5. The minimum Gasteiger partial charge on any atom is -0.349 e. The molecule has 2 atom stereocenters. The number of halogens is 2. The van der Waals surface area contributed by atoms with Gasteiger partial charge in [-0.15, -0.1) is 6.58 Å². The second-order valence-corrected chi connectivity index (χ2v) is 9.92. The van der Waals surface area contributed by atoms with Crippen molar-refractivity contribution in [3.05, 3.63) is 82.0 Å². The maximum Gasteiger partial charge on any atom is 0.272 e. The van der Waals surface area contributed by atoms with E-state index in [1.54, 1.807) is 16.8 Å². The van der Waals surface area contributed by atoms with Gasteiger partial charge >= 0.3 is 0 Å². The summed E-state index contributed by atoms with van der Waals surface area (Å²) in [6.45, 7) is 13.4. The van der Waals surface area contributed by atoms with Gasteiger partial charge in [0.1, 0.15) is 0 Å². The molecule has 0 spiro atoms. The Hall–Kier alpha value is -2.60. The summed E-state index contributed by atoms with van der Waals surface area (Å²) in [5.41, 5.74) is 4.87. The number of hydrogen-bond donors (Lipinski definition) is 2. The summed E-state index contributed by atoms with van der Waals surface area (Å²) in [5, 5.41) is 12.3. The van der Waals surface area contributed by atoms with Crippen LogP contribution in [0.4, 0.5) is 0 Å². The molecule has 0 saturated carbocycles. The van der Waals surface area contributed by atoms with Gasteiger partial charge in [-0.1, -0.05) is 73.8 Å². The maximum atomic E-state index is 13.2. The summed E-state index contributed by atoms with van der Waals surface area (Å²) in [5.74, 6) is 0.317. The molecule has 0 radical (unpaired) electrons. The fraction of sp³-hybridized carbons (Fsp3) is 0.379. The molecule has 1 aromatic heterocycles. The number of carbonyl (C=O) groups excluding carboxylic acids is 1. The van der Waals surface area contributed by atoms with Crippen molar-refractivity contribution in [3.63, 3.8) is 0 Å². The van der Waals surface area contributed by atoms with Gasteiger partial charge in [-0.2, -0.15) is 5.10 Å². The van der Waals surface area contributed by atoms with Crippen molar-refractivity contribution < 1.29 is 4.79 Å². The van der Waals surface area contributed by atoms with Gasteiger partial charge in [0.05, 0.1) is 16.4 Å². The highest BCUT2D eigenvalue weighted by Gasteiger charge is 2.23. The number of benzene rings is 2. The molecule has 3 aromatic rings. The number of hydrogen-bond acceptors (Lipinski definition) is 3. The summed E-state index contributed by atoms with van der Waals surface area (Å²) < 4.78 is 1.74. The third kappa shape index (κ3) is 6.58. The van der Waals surface area contributed by atoms with E-state index in [1.165, 1.54) is 5.56 Å². The number of nitrogens with zero attached hydrogens (tertiary/aromatic N) is 2. The van der Waals surface area contributed by atoms with Crippen LogP contribution in [-0.2, 0) is 6.42 Å². The Bertz CT molecular complexity index is 1190. The molecule has 0 aliphatic rings. The first-order valence-corrected chi connectivity index (χ1v) is 13.3. The van der Waals surface area contributed by atoms with Gasteiger partial charge in [0.15, 0.2) is 5.69 Å². The van der Waals surface area contributed by atoms with E-state index in [4.69, 9.17) is 28.3 Å². The van der Waals surface area contributed by atoms with Crippen LogP contribution in [0.5, 0.6) is 0 Å². The summed E-state index contributed by atoms with van der Waals surface area (Å²) >= 11 is 12.7. The molecule has 2 aromatic carbocycles. The number of carbonyl (C=O) groups is 1. The number of nitrogens with one attached hydrogen (secondary N) is 2. The average Bonchev–Trinajstić information content (AvgIpc) is 3.21. The van der Waals surface area contributed by atoms with Crippen LogP contribution in [-0.4, -0.2) is 34.8 Å². The molecule has 1 amide bonds. The van der Waals surface area contributed by atoms with E-state index in [-0.39, 0.29) is 5.91 Å². The summed E-state index contributed by atoms with van der Waals surface area (Å²) in [6.07, 6.45) is 4.98. The lowest BCUT2D eigenvalue weighted by atomic mass is 9.95. The van der Waals surface area contributed by atoms with Crippen LogP contribution < -0.4 is 10.6 Å². The largest absolute Gasteiger partial charge is 0.349 e. The van der Waals surface area contributed by atoms with Gasteiger partial charge in [0, 0.05) is 35.3 Å². The minimum absolute atomic E-state index is 0.213. The molecule has 36 heavy (non-hydrogen) atoms. The fourth-order valence-corrected chi connectivity index (χ4v) is 4.93. The van der Waals surface area contributed by atoms with E-state index in [2.05, 4.69) is 62.2 Å². The lowest BCUT2D eigenvalue weighted by Gasteiger charge is -2.22. The molecule has 0 bridgehead atoms. The van der Waals surface area contributed by atoms with Crippen molar-refractivity contribution in [3.8, 4) is 16.9 Å². The van der Waals surface area contributed by atoms with Crippen LogP contribution >= 0.6 is 23.2 Å². The van der Waals surface area contributed by atoms with Crippen LogP contribution in [0.25, 0.3) is 16.9 Å². The highest BCUT2D eigenvalue weighted by molar-refractivity contribution is 6.35. The van der Waals surface area contributed by atoms with Crippen LogP contribution in [0.3, 0.4) is 0 Å². The number of rotatable bonds is 12. The van der Waals surface area contributed by atoms with Crippen LogP contribution in [0.1, 0.15) is 55.2 Å². The average molecular weight is 528 g/mol. The van der Waals surface area contributed by atoms with Gasteiger partial charge in [0.2, 0.25) is 0 Å². The summed E-state index contributed by atoms with van der Waals surface area (Å²) in [4.78, 5) is 13.2. The Morgan fingerprint density at radius 1 is 1.14 bits per heavy atom. The first-order chi connectivity index (χ1) is 17.3. The van der Waals surface area contributed by atoms with E-state index in [0.29, 0.717) is 46.5 Å².